The molecule has 0 aliphatic carbocycles. The number of aryl methyl sites for hydroxylation is 1. The van der Waals surface area contributed by atoms with Crippen LogP contribution in [0, 0.1) is 17.0 Å². The van der Waals surface area contributed by atoms with E-state index in [1.165, 1.54) is 10.8 Å². The summed E-state index contributed by atoms with van der Waals surface area (Å²) in [5, 5.41) is 18.9. The number of nitrogens with zero attached hydrogens (tertiary/aromatic N) is 3. The number of rotatable bonds is 3. The van der Waals surface area contributed by atoms with Crippen LogP contribution in [0.4, 0.5) is 5.95 Å². The Morgan fingerprint density at radius 2 is 2.50 bits per heavy atom. The zero-order valence-corrected chi connectivity index (χ0v) is 6.60. The van der Waals surface area contributed by atoms with Crippen LogP contribution < -0.4 is 0 Å². The topological polar surface area (TPSA) is 81.2 Å². The molecule has 0 unspecified atom stereocenters. The minimum atomic E-state index is -0.567. The predicted molar refractivity (Wildman–Crippen MR) is 40.7 cm³/mol. The van der Waals surface area contributed by atoms with E-state index in [2.05, 4.69) is 4.98 Å². The SMILES string of the molecule is Cc1cn(CCO)c([N+](=O)[O-])n1. The Balaban J connectivity index is 2.99. The maximum Gasteiger partial charge on any atom is 0.434 e. The molecule has 1 heterocycles. The number of imidazole rings is 1. The average molecular weight is 171 g/mol. The summed E-state index contributed by atoms with van der Waals surface area (Å²) in [5.41, 5.74) is 0.579. The van der Waals surface area contributed by atoms with E-state index in [0.717, 1.165) is 0 Å². The lowest BCUT2D eigenvalue weighted by atomic mass is 10.5. The molecule has 66 valence electrons. The molecule has 1 rings (SSSR count). The van der Waals surface area contributed by atoms with Crippen LogP contribution in [0.2, 0.25) is 0 Å². The van der Waals surface area contributed by atoms with Crippen LogP contribution in [-0.4, -0.2) is 26.2 Å². The lowest BCUT2D eigenvalue weighted by Gasteiger charge is -1.96. The molecule has 0 bridgehead atoms. The van der Waals surface area contributed by atoms with Crippen molar-refractivity contribution in [3.63, 3.8) is 0 Å². The van der Waals surface area contributed by atoms with Crippen LogP contribution in [0.3, 0.4) is 0 Å². The minimum Gasteiger partial charge on any atom is -0.393 e. The summed E-state index contributed by atoms with van der Waals surface area (Å²) < 4.78 is 1.31. The van der Waals surface area contributed by atoms with Crippen molar-refractivity contribution in [2.45, 2.75) is 13.5 Å². The van der Waals surface area contributed by atoms with Crippen molar-refractivity contribution >= 4 is 5.95 Å². The third kappa shape index (κ3) is 1.59. The molecule has 0 spiro atoms. The zero-order valence-electron chi connectivity index (χ0n) is 6.60. The number of nitro groups is 1. The van der Waals surface area contributed by atoms with Crippen LogP contribution in [0.25, 0.3) is 0 Å². The van der Waals surface area contributed by atoms with E-state index in [1.54, 1.807) is 6.92 Å². The first-order valence-electron chi connectivity index (χ1n) is 3.44. The molecule has 1 aromatic rings. The number of aliphatic hydroxyl groups excluding tert-OH is 1. The third-order valence-corrected chi connectivity index (χ3v) is 1.38. The standard InChI is InChI=1S/C6H9N3O3/c1-5-4-8(2-3-10)6(7-5)9(11)12/h4,10H,2-3H2,1H3. The van der Waals surface area contributed by atoms with Gasteiger partial charge in [0.1, 0.15) is 11.9 Å². The van der Waals surface area contributed by atoms with Gasteiger partial charge in [0.15, 0.2) is 0 Å². The summed E-state index contributed by atoms with van der Waals surface area (Å²) in [6, 6.07) is 0. The van der Waals surface area contributed by atoms with Crippen LogP contribution in [0.15, 0.2) is 6.20 Å². The Bertz CT molecular complexity index is 294. The lowest BCUT2D eigenvalue weighted by molar-refractivity contribution is -0.396. The first-order valence-corrected chi connectivity index (χ1v) is 3.44. The molecule has 0 aliphatic rings. The van der Waals surface area contributed by atoms with Gasteiger partial charge in [-0.2, -0.15) is 0 Å². The van der Waals surface area contributed by atoms with Crippen LogP contribution in [-0.2, 0) is 6.54 Å². The van der Waals surface area contributed by atoms with Crippen molar-refractivity contribution in [2.24, 2.45) is 0 Å². The van der Waals surface area contributed by atoms with Gasteiger partial charge in [-0.1, -0.05) is 4.98 Å². The smallest absolute Gasteiger partial charge is 0.393 e. The first kappa shape index (κ1) is 8.66. The minimum absolute atomic E-state index is 0.128. The molecule has 0 atom stereocenters. The Kier molecular flexibility index (Phi) is 2.39. The number of aliphatic hydroxyl groups is 1. The maximum atomic E-state index is 10.4. The molecule has 12 heavy (non-hydrogen) atoms. The van der Waals surface area contributed by atoms with Gasteiger partial charge in [0.05, 0.1) is 13.2 Å². The molecule has 1 aromatic heterocycles. The highest BCUT2D eigenvalue weighted by atomic mass is 16.6. The number of hydrogen-bond donors (Lipinski definition) is 1. The van der Waals surface area contributed by atoms with Crippen molar-refractivity contribution in [1.29, 1.82) is 0 Å². The number of aromatic nitrogens is 2. The van der Waals surface area contributed by atoms with Crippen LogP contribution >= 0.6 is 0 Å². The molecule has 0 saturated heterocycles. The molecule has 0 aromatic carbocycles. The van der Waals surface area contributed by atoms with E-state index >= 15 is 0 Å². The Morgan fingerprint density at radius 3 is 3.00 bits per heavy atom. The molecule has 0 amide bonds. The lowest BCUT2D eigenvalue weighted by Crippen LogP contribution is -2.05. The quantitative estimate of drug-likeness (QED) is 0.516. The van der Waals surface area contributed by atoms with E-state index in [4.69, 9.17) is 5.11 Å². The van der Waals surface area contributed by atoms with Gasteiger partial charge in [0.2, 0.25) is 0 Å². The van der Waals surface area contributed by atoms with Crippen LogP contribution in [0.1, 0.15) is 5.69 Å². The van der Waals surface area contributed by atoms with E-state index in [9.17, 15) is 10.1 Å². The van der Waals surface area contributed by atoms with Crippen molar-refractivity contribution in [2.75, 3.05) is 6.61 Å². The summed E-state index contributed by atoms with van der Waals surface area (Å²) in [5.74, 6) is -0.221. The Hall–Kier alpha value is -1.43. The third-order valence-electron chi connectivity index (χ3n) is 1.38. The van der Waals surface area contributed by atoms with Crippen molar-refractivity contribution in [1.82, 2.24) is 9.55 Å². The zero-order chi connectivity index (χ0) is 9.14. The molecule has 1 N–H and O–H groups in total. The Morgan fingerprint density at radius 1 is 1.83 bits per heavy atom. The normalized spacial score (nSPS) is 10.2. The average Bonchev–Trinajstić information content (AvgIpc) is 2.32. The highest BCUT2D eigenvalue weighted by Gasteiger charge is 2.15. The van der Waals surface area contributed by atoms with Gasteiger partial charge < -0.3 is 15.2 Å². The van der Waals surface area contributed by atoms with E-state index in [-0.39, 0.29) is 19.1 Å². The van der Waals surface area contributed by atoms with Gasteiger partial charge in [-0.25, -0.2) is 4.57 Å². The second-order valence-electron chi connectivity index (χ2n) is 2.36. The summed E-state index contributed by atoms with van der Waals surface area (Å²) in [4.78, 5) is 13.5. The van der Waals surface area contributed by atoms with Crippen molar-refractivity contribution < 1.29 is 10.0 Å². The van der Waals surface area contributed by atoms with Gasteiger partial charge in [-0.05, 0) is 11.8 Å². The van der Waals surface area contributed by atoms with Crippen molar-refractivity contribution in [3.8, 4) is 0 Å². The van der Waals surface area contributed by atoms with Crippen LogP contribution in [0.5, 0.6) is 0 Å². The molecular formula is C6H9N3O3. The van der Waals surface area contributed by atoms with Gasteiger partial charge in [0.25, 0.3) is 0 Å². The molecular weight excluding hydrogens is 162 g/mol. The fourth-order valence-electron chi connectivity index (χ4n) is 0.952. The second-order valence-corrected chi connectivity index (χ2v) is 2.36. The fourth-order valence-corrected chi connectivity index (χ4v) is 0.952. The van der Waals surface area contributed by atoms with Gasteiger partial charge in [0, 0.05) is 0 Å². The summed E-state index contributed by atoms with van der Waals surface area (Å²) >= 11 is 0. The molecule has 0 radical (unpaired) electrons. The van der Waals surface area contributed by atoms with E-state index in [0.29, 0.717) is 5.69 Å². The second kappa shape index (κ2) is 3.31. The van der Waals surface area contributed by atoms with E-state index < -0.39 is 4.92 Å². The molecule has 0 saturated carbocycles. The maximum absolute atomic E-state index is 10.4. The van der Waals surface area contributed by atoms with Gasteiger partial charge >= 0.3 is 5.95 Å². The summed E-state index contributed by atoms with van der Waals surface area (Å²) in [6.45, 7) is 1.74. The van der Waals surface area contributed by atoms with Crippen molar-refractivity contribution in [3.05, 3.63) is 22.0 Å². The molecule has 6 nitrogen and oxygen atoms in total. The van der Waals surface area contributed by atoms with Gasteiger partial charge in [-0.15, -0.1) is 0 Å². The fraction of sp³-hybridized carbons (Fsp3) is 0.500. The predicted octanol–water partition coefficient (Wildman–Crippen LogP) is 0.0920. The van der Waals surface area contributed by atoms with E-state index in [1.807, 2.05) is 0 Å². The summed E-state index contributed by atoms with van der Waals surface area (Å²) in [6.07, 6.45) is 1.54. The van der Waals surface area contributed by atoms with Gasteiger partial charge in [-0.3, -0.25) is 0 Å². The first-order chi connectivity index (χ1) is 5.65. The molecule has 0 aliphatic heterocycles. The monoisotopic (exact) mass is 171 g/mol. The Labute approximate surface area is 68.6 Å². The summed E-state index contributed by atoms with van der Waals surface area (Å²) in [7, 11) is 0. The highest BCUT2D eigenvalue weighted by Crippen LogP contribution is 2.09. The molecule has 6 heteroatoms. The highest BCUT2D eigenvalue weighted by molar-refractivity contribution is 5.12. The molecule has 0 fully saturated rings. The largest absolute Gasteiger partial charge is 0.434 e. The number of hydrogen-bond acceptors (Lipinski definition) is 4.